The zero-order chi connectivity index (χ0) is 20.5. The number of methoxy groups -OCH3 is 1. The molecule has 0 amide bonds. The molecular weight excluding hydrogens is 376 g/mol. The lowest BCUT2D eigenvalue weighted by molar-refractivity contribution is -0.137. The Balaban J connectivity index is 2.25. The number of ether oxygens (including phenoxy) is 1. The van der Waals surface area contributed by atoms with Crippen molar-refractivity contribution in [2.45, 2.75) is 6.18 Å². The average molecular weight is 388 g/mol. The first-order valence-electron chi connectivity index (χ1n) is 7.93. The highest BCUT2D eigenvalue weighted by molar-refractivity contribution is 5.76. The van der Waals surface area contributed by atoms with E-state index in [2.05, 4.69) is 4.98 Å². The number of aromatic amines is 1. The summed E-state index contributed by atoms with van der Waals surface area (Å²) in [4.78, 5) is 14.8. The number of pyridine rings is 1. The van der Waals surface area contributed by atoms with E-state index in [-0.39, 0.29) is 11.3 Å². The van der Waals surface area contributed by atoms with E-state index < -0.39 is 34.2 Å². The molecule has 2 aromatic carbocycles. The van der Waals surface area contributed by atoms with Crippen molar-refractivity contribution >= 4 is 0 Å². The van der Waals surface area contributed by atoms with Gasteiger partial charge < -0.3 is 9.72 Å². The van der Waals surface area contributed by atoms with Crippen LogP contribution in [-0.2, 0) is 6.18 Å². The van der Waals surface area contributed by atoms with Crippen LogP contribution in [0.5, 0.6) is 5.75 Å². The second-order valence-electron chi connectivity index (χ2n) is 5.83. The minimum atomic E-state index is -4.70. The number of benzene rings is 2. The Labute approximate surface area is 156 Å². The number of nitriles is 1. The number of aromatic nitrogens is 1. The van der Waals surface area contributed by atoms with Gasteiger partial charge in [0.15, 0.2) is 0 Å². The molecule has 8 heteroatoms. The van der Waals surface area contributed by atoms with Crippen molar-refractivity contribution in [1.82, 2.24) is 4.98 Å². The molecule has 3 aromatic rings. The van der Waals surface area contributed by atoms with Crippen molar-refractivity contribution in [2.75, 3.05) is 7.11 Å². The zero-order valence-electron chi connectivity index (χ0n) is 14.4. The first-order valence-corrected chi connectivity index (χ1v) is 7.93. The van der Waals surface area contributed by atoms with E-state index in [1.54, 1.807) is 30.3 Å². The standard InChI is InChI=1S/C20H12F4N2O2/c1-28-13-5-2-11(3-6-13)18-9-14(16(10-25)19(27)26-18)15-8-12(20(22,23)24)4-7-17(15)21/h2-9H,1H3,(H,26,27). The third-order valence-electron chi connectivity index (χ3n) is 4.13. The number of rotatable bonds is 3. The van der Waals surface area contributed by atoms with Crippen molar-refractivity contribution in [1.29, 1.82) is 5.26 Å². The van der Waals surface area contributed by atoms with E-state index >= 15 is 0 Å². The molecule has 3 rings (SSSR count). The number of hydrogen-bond donors (Lipinski definition) is 1. The highest BCUT2D eigenvalue weighted by atomic mass is 19.4. The van der Waals surface area contributed by atoms with Gasteiger partial charge in [0.05, 0.1) is 12.7 Å². The molecule has 1 aromatic heterocycles. The van der Waals surface area contributed by atoms with Gasteiger partial charge in [0.1, 0.15) is 23.2 Å². The third kappa shape index (κ3) is 3.60. The van der Waals surface area contributed by atoms with Crippen LogP contribution >= 0.6 is 0 Å². The van der Waals surface area contributed by atoms with E-state index in [1.807, 2.05) is 0 Å². The smallest absolute Gasteiger partial charge is 0.416 e. The van der Waals surface area contributed by atoms with Crippen molar-refractivity contribution in [2.24, 2.45) is 0 Å². The molecule has 142 valence electrons. The molecule has 0 bridgehead atoms. The van der Waals surface area contributed by atoms with Crippen LogP contribution in [0.2, 0.25) is 0 Å². The lowest BCUT2D eigenvalue weighted by Crippen LogP contribution is -2.13. The summed E-state index contributed by atoms with van der Waals surface area (Å²) in [6.45, 7) is 0. The Kier molecular flexibility index (Phi) is 4.92. The maximum Gasteiger partial charge on any atom is 0.416 e. The van der Waals surface area contributed by atoms with Crippen LogP contribution in [0.15, 0.2) is 53.3 Å². The van der Waals surface area contributed by atoms with Gasteiger partial charge >= 0.3 is 6.18 Å². The number of H-pyrrole nitrogens is 1. The molecule has 0 fully saturated rings. The highest BCUT2D eigenvalue weighted by Crippen LogP contribution is 2.35. The van der Waals surface area contributed by atoms with Gasteiger partial charge in [0.2, 0.25) is 0 Å². The Morgan fingerprint density at radius 3 is 2.29 bits per heavy atom. The zero-order valence-corrected chi connectivity index (χ0v) is 14.4. The lowest BCUT2D eigenvalue weighted by Gasteiger charge is -2.12. The molecule has 0 unspecified atom stereocenters. The fourth-order valence-electron chi connectivity index (χ4n) is 2.72. The molecule has 0 spiro atoms. The highest BCUT2D eigenvalue weighted by Gasteiger charge is 2.31. The first-order chi connectivity index (χ1) is 13.2. The van der Waals surface area contributed by atoms with Crippen LogP contribution < -0.4 is 10.3 Å². The Hall–Kier alpha value is -3.60. The molecule has 0 aliphatic heterocycles. The maximum absolute atomic E-state index is 14.3. The molecule has 0 aliphatic rings. The van der Waals surface area contributed by atoms with Gasteiger partial charge in [0, 0.05) is 16.8 Å². The second-order valence-corrected chi connectivity index (χ2v) is 5.83. The average Bonchev–Trinajstić information content (AvgIpc) is 2.67. The first kappa shape index (κ1) is 19.2. The van der Waals surface area contributed by atoms with E-state index in [1.165, 1.54) is 13.2 Å². The molecule has 0 saturated heterocycles. The molecule has 0 atom stereocenters. The van der Waals surface area contributed by atoms with Crippen LogP contribution in [0.25, 0.3) is 22.4 Å². The molecular formula is C20H12F4N2O2. The number of hydrogen-bond acceptors (Lipinski definition) is 3. The van der Waals surface area contributed by atoms with Gasteiger partial charge in [-0.25, -0.2) is 4.39 Å². The summed E-state index contributed by atoms with van der Waals surface area (Å²) in [6.07, 6.45) is -4.70. The summed E-state index contributed by atoms with van der Waals surface area (Å²) < 4.78 is 58.4. The minimum Gasteiger partial charge on any atom is -0.497 e. The van der Waals surface area contributed by atoms with Crippen LogP contribution in [0.4, 0.5) is 17.6 Å². The van der Waals surface area contributed by atoms with Crippen LogP contribution in [0.3, 0.4) is 0 Å². The van der Waals surface area contributed by atoms with Crippen LogP contribution in [-0.4, -0.2) is 12.1 Å². The van der Waals surface area contributed by atoms with Gasteiger partial charge in [-0.3, -0.25) is 4.79 Å². The van der Waals surface area contributed by atoms with Crippen molar-refractivity contribution in [3.8, 4) is 34.2 Å². The van der Waals surface area contributed by atoms with Crippen LogP contribution in [0, 0.1) is 17.1 Å². The normalized spacial score (nSPS) is 11.1. The Morgan fingerprint density at radius 2 is 1.71 bits per heavy atom. The van der Waals surface area contributed by atoms with Crippen LogP contribution in [0.1, 0.15) is 11.1 Å². The van der Waals surface area contributed by atoms with Gasteiger partial charge in [-0.1, -0.05) is 0 Å². The van der Waals surface area contributed by atoms with Crippen molar-refractivity contribution in [3.05, 3.63) is 75.8 Å². The summed E-state index contributed by atoms with van der Waals surface area (Å²) in [6, 6.07) is 11.2. The topological polar surface area (TPSA) is 65.9 Å². The van der Waals surface area contributed by atoms with Gasteiger partial charge in [-0.15, -0.1) is 0 Å². The molecule has 0 aliphatic carbocycles. The number of nitrogens with one attached hydrogen (secondary N) is 1. The van der Waals surface area contributed by atoms with Crippen molar-refractivity contribution in [3.63, 3.8) is 0 Å². The fraction of sp³-hybridized carbons (Fsp3) is 0.100. The molecule has 4 nitrogen and oxygen atoms in total. The maximum atomic E-state index is 14.3. The molecule has 1 N–H and O–H groups in total. The van der Waals surface area contributed by atoms with E-state index in [9.17, 15) is 27.6 Å². The summed E-state index contributed by atoms with van der Waals surface area (Å²) in [7, 11) is 1.48. The summed E-state index contributed by atoms with van der Waals surface area (Å²) in [5.41, 5.74) is -2.36. The Bertz CT molecular complexity index is 1130. The van der Waals surface area contributed by atoms with E-state index in [0.717, 1.165) is 0 Å². The monoisotopic (exact) mass is 388 g/mol. The largest absolute Gasteiger partial charge is 0.497 e. The molecule has 0 radical (unpaired) electrons. The van der Waals surface area contributed by atoms with Gasteiger partial charge in [0.25, 0.3) is 5.56 Å². The quantitative estimate of drug-likeness (QED) is 0.659. The number of alkyl halides is 3. The van der Waals surface area contributed by atoms with E-state index in [0.29, 0.717) is 29.5 Å². The second kappa shape index (κ2) is 7.19. The summed E-state index contributed by atoms with van der Waals surface area (Å²) >= 11 is 0. The van der Waals surface area contributed by atoms with Gasteiger partial charge in [-0.05, 0) is 54.1 Å². The van der Waals surface area contributed by atoms with Gasteiger partial charge in [-0.2, -0.15) is 18.4 Å². The number of halogens is 4. The number of nitrogens with zero attached hydrogens (tertiary/aromatic N) is 1. The molecule has 0 saturated carbocycles. The SMILES string of the molecule is COc1ccc(-c2cc(-c3cc(C(F)(F)F)ccc3F)c(C#N)c(=O)[nH]2)cc1. The molecule has 1 heterocycles. The third-order valence-corrected chi connectivity index (χ3v) is 4.13. The Morgan fingerprint density at radius 1 is 1.04 bits per heavy atom. The minimum absolute atomic E-state index is 0.221. The predicted octanol–water partition coefficient (Wildman–Crippen LogP) is 4.75. The fourth-order valence-corrected chi connectivity index (χ4v) is 2.72. The summed E-state index contributed by atoms with van der Waals surface area (Å²) in [5, 5.41) is 9.28. The summed E-state index contributed by atoms with van der Waals surface area (Å²) in [5.74, 6) is -0.417. The van der Waals surface area contributed by atoms with Crippen molar-refractivity contribution < 1.29 is 22.3 Å². The lowest BCUT2D eigenvalue weighted by atomic mass is 9.97. The predicted molar refractivity (Wildman–Crippen MR) is 94.2 cm³/mol. The van der Waals surface area contributed by atoms with E-state index in [4.69, 9.17) is 4.74 Å². The molecule has 28 heavy (non-hydrogen) atoms.